The number of rotatable bonds is 5. The maximum absolute atomic E-state index is 11.5. The van der Waals surface area contributed by atoms with Gasteiger partial charge in [-0.3, -0.25) is 19.2 Å². The number of anilines is 1. The molecule has 3 rings (SSSR count). The fourth-order valence-electron chi connectivity index (χ4n) is 2.69. The molecule has 0 heterocycles. The molecule has 0 aromatic heterocycles. The van der Waals surface area contributed by atoms with Crippen molar-refractivity contribution in [3.8, 4) is 5.75 Å². The summed E-state index contributed by atoms with van der Waals surface area (Å²) >= 11 is 0. The van der Waals surface area contributed by atoms with Gasteiger partial charge in [0.25, 0.3) is 25.9 Å². The summed E-state index contributed by atoms with van der Waals surface area (Å²) in [6, 6.07) is 6.77. The first-order valence-electron chi connectivity index (χ1n) is 7.99. The number of fused-ring (bicyclic) bond motifs is 1. The summed E-state index contributed by atoms with van der Waals surface area (Å²) in [6.07, 6.45) is 0. The zero-order valence-electron chi connectivity index (χ0n) is 15.1. The minimum Gasteiger partial charge on any atom is -0.507 e. The second kappa shape index (κ2) is 7.55. The van der Waals surface area contributed by atoms with Gasteiger partial charge < -0.3 is 10.8 Å². The number of nitrogens with zero attached hydrogens (tertiary/aromatic N) is 3. The molecule has 13 nitrogen and oxygen atoms in total. The molecule has 3 aromatic rings. The van der Waals surface area contributed by atoms with E-state index in [9.17, 15) is 36.6 Å². The van der Waals surface area contributed by atoms with Gasteiger partial charge in [-0.15, -0.1) is 10.2 Å². The average molecular weight is 468 g/mol. The first-order chi connectivity index (χ1) is 14.3. The molecule has 0 fully saturated rings. The monoisotopic (exact) mass is 468 g/mol. The van der Waals surface area contributed by atoms with Gasteiger partial charge in [0.05, 0.1) is 15.5 Å². The van der Waals surface area contributed by atoms with Gasteiger partial charge >= 0.3 is 0 Å². The minimum absolute atomic E-state index is 0.0000662. The topological polar surface area (TPSA) is 223 Å². The predicted octanol–water partition coefficient (Wildman–Crippen LogP) is 2.94. The number of nitro groups is 1. The van der Waals surface area contributed by atoms with E-state index in [1.54, 1.807) is 0 Å². The van der Waals surface area contributed by atoms with Crippen LogP contribution in [0, 0.1) is 10.1 Å². The van der Waals surface area contributed by atoms with E-state index in [-0.39, 0.29) is 27.8 Å². The summed E-state index contributed by atoms with van der Waals surface area (Å²) in [5.41, 5.74) is 4.63. The smallest absolute Gasteiger partial charge is 0.298 e. The summed E-state index contributed by atoms with van der Waals surface area (Å²) in [5.74, 6) is -0.567. The molecule has 0 radical (unpaired) electrons. The van der Waals surface area contributed by atoms with Crippen LogP contribution in [0.3, 0.4) is 0 Å². The number of benzene rings is 3. The molecule has 15 heteroatoms. The molecular formula is C16H12N4O9S2. The van der Waals surface area contributed by atoms with Gasteiger partial charge in [0.2, 0.25) is 0 Å². The number of phenols is 1. The number of aromatic hydroxyl groups is 1. The minimum atomic E-state index is -4.70. The zero-order chi connectivity index (χ0) is 23.1. The van der Waals surface area contributed by atoms with Crippen molar-refractivity contribution >= 4 is 53.8 Å². The summed E-state index contributed by atoms with van der Waals surface area (Å²) in [6.45, 7) is 0. The summed E-state index contributed by atoms with van der Waals surface area (Å²) in [7, 11) is -9.39. The van der Waals surface area contributed by atoms with Gasteiger partial charge in [-0.1, -0.05) is 0 Å². The van der Waals surface area contributed by atoms with E-state index in [1.165, 1.54) is 12.1 Å². The van der Waals surface area contributed by atoms with Crippen molar-refractivity contribution in [2.75, 3.05) is 5.73 Å². The second-order valence-electron chi connectivity index (χ2n) is 6.10. The lowest BCUT2D eigenvalue weighted by molar-refractivity contribution is -0.384. The normalized spacial score (nSPS) is 12.5. The Morgan fingerprint density at radius 2 is 1.45 bits per heavy atom. The molecule has 162 valence electrons. The van der Waals surface area contributed by atoms with Crippen molar-refractivity contribution in [3.05, 3.63) is 52.6 Å². The Morgan fingerprint density at radius 1 is 0.871 bits per heavy atom. The zero-order valence-corrected chi connectivity index (χ0v) is 16.7. The quantitative estimate of drug-likeness (QED) is 0.141. The molecule has 0 spiro atoms. The van der Waals surface area contributed by atoms with Crippen molar-refractivity contribution in [1.82, 2.24) is 0 Å². The maximum Gasteiger partial charge on any atom is 0.298 e. The molecule has 0 bridgehead atoms. The standard InChI is InChI=1S/C16H12N4O9S2/c17-11-2-4-12(10-5-9(31(27,28)29)7-15(21)16(10)11)18-19-13-3-1-8(30(24,25)26)6-14(13)20(22)23/h1-7,21H,17H2,(H,24,25,26)(H,27,28,29). The van der Waals surface area contributed by atoms with E-state index in [0.717, 1.165) is 24.3 Å². The van der Waals surface area contributed by atoms with Crippen LogP contribution in [0.4, 0.5) is 22.7 Å². The SMILES string of the molecule is Nc1ccc(N=Nc2ccc(S(=O)(=O)O)cc2[N+](=O)[O-])c2cc(S(=O)(=O)O)cc(O)c12. The Balaban J connectivity index is 2.21. The van der Waals surface area contributed by atoms with Crippen molar-refractivity contribution in [1.29, 1.82) is 0 Å². The molecular weight excluding hydrogens is 456 g/mol. The summed E-state index contributed by atoms with van der Waals surface area (Å²) in [4.78, 5) is 8.94. The van der Waals surface area contributed by atoms with Gasteiger partial charge in [0.15, 0.2) is 5.69 Å². The van der Waals surface area contributed by atoms with Gasteiger partial charge in [-0.2, -0.15) is 16.8 Å². The number of phenolic OH excluding ortho intramolecular Hbond substituents is 1. The molecule has 3 aromatic carbocycles. The highest BCUT2D eigenvalue weighted by atomic mass is 32.2. The predicted molar refractivity (Wildman–Crippen MR) is 107 cm³/mol. The number of hydrogen-bond donors (Lipinski definition) is 4. The third kappa shape index (κ3) is 4.43. The van der Waals surface area contributed by atoms with E-state index < -0.39 is 46.4 Å². The lowest BCUT2D eigenvalue weighted by Crippen LogP contribution is -1.99. The fraction of sp³-hybridized carbons (Fsp3) is 0. The Kier molecular flexibility index (Phi) is 5.36. The van der Waals surface area contributed by atoms with Gasteiger partial charge in [-0.05, 0) is 30.3 Å². The lowest BCUT2D eigenvalue weighted by atomic mass is 10.1. The van der Waals surface area contributed by atoms with Crippen LogP contribution in [0.2, 0.25) is 0 Å². The molecule has 0 saturated heterocycles. The largest absolute Gasteiger partial charge is 0.507 e. The molecule has 5 N–H and O–H groups in total. The maximum atomic E-state index is 11.5. The molecule has 0 saturated carbocycles. The third-order valence-electron chi connectivity index (χ3n) is 4.08. The lowest BCUT2D eigenvalue weighted by Gasteiger charge is -2.09. The first-order valence-corrected chi connectivity index (χ1v) is 10.9. The Hall–Kier alpha value is -3.66. The fourth-order valence-corrected chi connectivity index (χ4v) is 3.71. The number of nitrogen functional groups attached to an aromatic ring is 1. The van der Waals surface area contributed by atoms with Crippen LogP contribution < -0.4 is 5.73 Å². The van der Waals surface area contributed by atoms with Crippen LogP contribution >= 0.6 is 0 Å². The molecule has 31 heavy (non-hydrogen) atoms. The van der Waals surface area contributed by atoms with Crippen molar-refractivity contribution in [2.45, 2.75) is 9.79 Å². The van der Waals surface area contributed by atoms with Crippen LogP contribution in [0.25, 0.3) is 10.8 Å². The van der Waals surface area contributed by atoms with E-state index >= 15 is 0 Å². The van der Waals surface area contributed by atoms with Gasteiger partial charge in [-0.25, -0.2) is 0 Å². The Bertz CT molecular complexity index is 1480. The van der Waals surface area contributed by atoms with E-state index in [4.69, 9.17) is 10.3 Å². The molecule has 0 aliphatic carbocycles. The van der Waals surface area contributed by atoms with Crippen LogP contribution in [0.15, 0.2) is 62.5 Å². The third-order valence-corrected chi connectivity index (χ3v) is 5.76. The van der Waals surface area contributed by atoms with Crippen LogP contribution in [0.5, 0.6) is 5.75 Å². The Morgan fingerprint density at radius 3 is 2.03 bits per heavy atom. The summed E-state index contributed by atoms with van der Waals surface area (Å²) < 4.78 is 63.6. The molecule has 0 atom stereocenters. The van der Waals surface area contributed by atoms with E-state index in [1.807, 2.05) is 0 Å². The van der Waals surface area contributed by atoms with E-state index in [2.05, 4.69) is 10.2 Å². The van der Waals surface area contributed by atoms with Crippen LogP contribution in [-0.4, -0.2) is 36.0 Å². The van der Waals surface area contributed by atoms with Crippen LogP contribution in [0.1, 0.15) is 0 Å². The highest BCUT2D eigenvalue weighted by Crippen LogP contribution is 2.39. The van der Waals surface area contributed by atoms with Gasteiger partial charge in [0, 0.05) is 28.6 Å². The average Bonchev–Trinajstić information content (AvgIpc) is 2.65. The molecule has 0 aliphatic rings. The van der Waals surface area contributed by atoms with Crippen molar-refractivity contribution in [2.24, 2.45) is 10.2 Å². The molecule has 0 amide bonds. The number of azo groups is 1. The number of nitrogens with two attached hydrogens (primary N) is 1. The molecule has 0 unspecified atom stereocenters. The van der Waals surface area contributed by atoms with Crippen LogP contribution in [-0.2, 0) is 20.2 Å². The molecule has 0 aliphatic heterocycles. The second-order valence-corrected chi connectivity index (χ2v) is 8.94. The van der Waals surface area contributed by atoms with E-state index in [0.29, 0.717) is 6.07 Å². The number of hydrogen-bond acceptors (Lipinski definition) is 10. The highest BCUT2D eigenvalue weighted by molar-refractivity contribution is 7.86. The van der Waals surface area contributed by atoms with Crippen molar-refractivity contribution in [3.63, 3.8) is 0 Å². The highest BCUT2D eigenvalue weighted by Gasteiger charge is 2.21. The van der Waals surface area contributed by atoms with Gasteiger partial charge in [0.1, 0.15) is 10.6 Å². The number of nitro benzene ring substituents is 1. The Labute approximate surface area is 174 Å². The summed E-state index contributed by atoms with van der Waals surface area (Å²) in [5, 5.41) is 28.9. The first kappa shape index (κ1) is 22.0. The van der Waals surface area contributed by atoms with Crippen molar-refractivity contribution < 1.29 is 36.0 Å².